The smallest absolute Gasteiger partial charge is 0.245 e. The Morgan fingerprint density at radius 2 is 1.30 bits per heavy atom. The SMILES string of the molecule is C[C@@H](O)C1NC(=O)[C@H](CCCCN)NC(=O)[C@@H](Cc2c[nH]c3ccccc23)NC(=O)C(Cc2ccccc2)NC(=O)[C@@H](NC(=O)[C@H](N)Cc2ccccc2)C/C=C\CC(C(=O)N[C@H](CO)[C@@H](C)O)NC1=O. The van der Waals surface area contributed by atoms with Gasteiger partial charge in [-0.3, -0.25) is 33.6 Å². The van der Waals surface area contributed by atoms with E-state index >= 15 is 0 Å². The molecule has 10 atom stereocenters. The number of carbonyl (C=O) groups excluding carboxylic acids is 7. The molecule has 20 heteroatoms. The van der Waals surface area contributed by atoms with E-state index in [9.17, 15) is 48.9 Å². The van der Waals surface area contributed by atoms with Crippen LogP contribution in [0.2, 0.25) is 0 Å². The summed E-state index contributed by atoms with van der Waals surface area (Å²) in [5.74, 6) is -5.72. The molecule has 0 radical (unpaired) electrons. The monoisotopic (exact) mass is 981 g/mol. The Bertz CT molecular complexity index is 2430. The highest BCUT2D eigenvalue weighted by atomic mass is 16.3. The van der Waals surface area contributed by atoms with Crippen LogP contribution in [0.1, 0.15) is 62.6 Å². The standard InChI is InChI=1S/C51H68N10O10/c1-30(63)43(29-62)60-47(67)39-22-12-11-21-38(55-45(65)36(53)25-32-15-5-3-6-16-32)46(66)58-41(26-33-17-7-4-8-18-33)49(69)59-42(27-34-28-54-37-20-10-9-19-35(34)37)50(70)56-40(23-13-14-24-52)48(68)61-44(31(2)64)51(71)57-39/h3-12,15-20,28,30-31,36,38-44,54,62-64H,13-14,21-27,29,52-53H2,1-2H3,(H,55,65)(H,56,70)(H,57,71)(H,58,66)(H,59,69)(H,60,67)(H,61,68)/b12-11-/t30-,31-,36-,38+,39?,40+,41?,42-,43-,44?/m1/s1. The predicted octanol–water partition coefficient (Wildman–Crippen LogP) is -0.850. The van der Waals surface area contributed by atoms with Gasteiger partial charge in [0, 0.05) is 29.9 Å². The van der Waals surface area contributed by atoms with Crippen molar-refractivity contribution in [3.05, 3.63) is 120 Å². The average molecular weight is 981 g/mol. The second-order valence-electron chi connectivity index (χ2n) is 17.8. The number of hydrogen-bond acceptors (Lipinski definition) is 12. The number of unbranched alkanes of at least 4 members (excludes halogenated alkanes) is 1. The first-order valence-electron chi connectivity index (χ1n) is 23.9. The third kappa shape index (κ3) is 16.6. The summed E-state index contributed by atoms with van der Waals surface area (Å²) in [5, 5.41) is 50.4. The maximum Gasteiger partial charge on any atom is 0.245 e. The Kier molecular flexibility index (Phi) is 21.2. The Hall–Kier alpha value is -6.97. The molecule has 2 heterocycles. The molecule has 5 rings (SSSR count). The van der Waals surface area contributed by atoms with Crippen LogP contribution < -0.4 is 48.7 Å². The van der Waals surface area contributed by atoms with E-state index in [1.807, 2.05) is 30.3 Å². The first kappa shape index (κ1) is 55.0. The summed E-state index contributed by atoms with van der Waals surface area (Å²) in [4.78, 5) is 103. The number of amides is 7. The molecule has 382 valence electrons. The minimum atomic E-state index is -1.67. The lowest BCUT2D eigenvalue weighted by molar-refractivity contribution is -0.137. The van der Waals surface area contributed by atoms with Crippen LogP contribution >= 0.6 is 0 Å². The van der Waals surface area contributed by atoms with Crippen molar-refractivity contribution in [1.29, 1.82) is 0 Å². The molecule has 1 aliphatic heterocycles. The van der Waals surface area contributed by atoms with E-state index in [-0.39, 0.29) is 45.1 Å². The Labute approximate surface area is 412 Å². The van der Waals surface area contributed by atoms with Crippen molar-refractivity contribution in [2.45, 2.75) is 126 Å². The van der Waals surface area contributed by atoms with Crippen molar-refractivity contribution in [3.63, 3.8) is 0 Å². The normalized spacial score (nSPS) is 23.1. The van der Waals surface area contributed by atoms with Gasteiger partial charge in [-0.2, -0.15) is 0 Å². The first-order chi connectivity index (χ1) is 34.1. The zero-order chi connectivity index (χ0) is 51.5. The van der Waals surface area contributed by atoms with E-state index in [2.05, 4.69) is 42.2 Å². The molecule has 4 aromatic rings. The van der Waals surface area contributed by atoms with Gasteiger partial charge in [0.25, 0.3) is 0 Å². The van der Waals surface area contributed by atoms with Gasteiger partial charge in [0.2, 0.25) is 41.4 Å². The van der Waals surface area contributed by atoms with Gasteiger partial charge < -0.3 is 69.0 Å². The lowest BCUT2D eigenvalue weighted by Crippen LogP contribution is -2.62. The van der Waals surface area contributed by atoms with Crippen molar-refractivity contribution in [2.24, 2.45) is 11.5 Å². The molecule has 0 spiro atoms. The molecule has 1 aromatic heterocycles. The van der Waals surface area contributed by atoms with E-state index in [1.165, 1.54) is 26.0 Å². The van der Waals surface area contributed by atoms with Gasteiger partial charge >= 0.3 is 0 Å². The molecule has 1 aliphatic rings. The molecule has 0 saturated heterocycles. The average Bonchev–Trinajstić information content (AvgIpc) is 3.76. The maximum atomic E-state index is 14.7. The van der Waals surface area contributed by atoms with E-state index in [4.69, 9.17) is 11.5 Å². The number of aromatic amines is 1. The number of fused-ring (bicyclic) bond motifs is 1. The number of nitrogens with one attached hydrogen (secondary N) is 8. The van der Waals surface area contributed by atoms with Crippen LogP contribution in [0.25, 0.3) is 10.9 Å². The number of H-pyrrole nitrogens is 1. The Balaban J connectivity index is 1.59. The molecule has 0 bridgehead atoms. The minimum Gasteiger partial charge on any atom is -0.394 e. The number of aliphatic hydroxyl groups excluding tert-OH is 3. The fraction of sp³-hybridized carbons (Fsp3) is 0.431. The summed E-state index contributed by atoms with van der Waals surface area (Å²) in [7, 11) is 0. The van der Waals surface area contributed by atoms with E-state index in [0.29, 0.717) is 24.0 Å². The zero-order valence-corrected chi connectivity index (χ0v) is 40.0. The maximum absolute atomic E-state index is 14.7. The fourth-order valence-electron chi connectivity index (χ4n) is 8.06. The van der Waals surface area contributed by atoms with Gasteiger partial charge in [-0.25, -0.2) is 0 Å². The molecular weight excluding hydrogens is 913 g/mol. The molecule has 0 fully saturated rings. The second kappa shape index (κ2) is 27.4. The molecule has 3 aromatic carbocycles. The molecule has 0 saturated carbocycles. The Morgan fingerprint density at radius 1 is 0.704 bits per heavy atom. The summed E-state index contributed by atoms with van der Waals surface area (Å²) in [6.45, 7) is 2.21. The lowest BCUT2D eigenvalue weighted by Gasteiger charge is -2.29. The summed E-state index contributed by atoms with van der Waals surface area (Å²) < 4.78 is 0. The summed E-state index contributed by atoms with van der Waals surface area (Å²) in [5.41, 5.74) is 15.0. The van der Waals surface area contributed by atoms with Crippen molar-refractivity contribution in [2.75, 3.05) is 13.2 Å². The highest BCUT2D eigenvalue weighted by molar-refractivity contribution is 5.98. The van der Waals surface area contributed by atoms with Gasteiger partial charge in [-0.15, -0.1) is 0 Å². The number of para-hydroxylation sites is 1. The summed E-state index contributed by atoms with van der Waals surface area (Å²) in [6.07, 6.45) is 2.26. The van der Waals surface area contributed by atoms with E-state index in [0.717, 1.165) is 16.5 Å². The number of aliphatic hydroxyl groups is 3. The van der Waals surface area contributed by atoms with Gasteiger partial charge in [0.05, 0.1) is 30.9 Å². The van der Waals surface area contributed by atoms with E-state index < -0.39 is 108 Å². The highest BCUT2D eigenvalue weighted by Crippen LogP contribution is 2.20. The van der Waals surface area contributed by atoms with Crippen molar-refractivity contribution in [3.8, 4) is 0 Å². The van der Waals surface area contributed by atoms with Crippen molar-refractivity contribution >= 4 is 52.3 Å². The molecule has 0 aliphatic carbocycles. The van der Waals surface area contributed by atoms with Crippen LogP contribution in [0, 0.1) is 0 Å². The minimum absolute atomic E-state index is 0.0309. The highest BCUT2D eigenvalue weighted by Gasteiger charge is 2.36. The predicted molar refractivity (Wildman–Crippen MR) is 266 cm³/mol. The van der Waals surface area contributed by atoms with Crippen LogP contribution in [0.4, 0.5) is 0 Å². The lowest BCUT2D eigenvalue weighted by atomic mass is 10.0. The summed E-state index contributed by atoms with van der Waals surface area (Å²) in [6, 6.07) is 14.5. The summed E-state index contributed by atoms with van der Waals surface area (Å²) >= 11 is 0. The van der Waals surface area contributed by atoms with Crippen molar-refractivity contribution in [1.82, 2.24) is 42.2 Å². The molecular formula is C51H68N10O10. The zero-order valence-electron chi connectivity index (χ0n) is 40.0. The molecule has 7 amide bonds. The topological polar surface area (TPSA) is 332 Å². The first-order valence-corrected chi connectivity index (χ1v) is 23.9. The Morgan fingerprint density at radius 3 is 1.94 bits per heavy atom. The van der Waals surface area contributed by atoms with Crippen molar-refractivity contribution < 1.29 is 48.9 Å². The quantitative estimate of drug-likeness (QED) is 0.0455. The van der Waals surface area contributed by atoms with Crippen LogP contribution in [0.15, 0.2) is 103 Å². The number of aromatic nitrogens is 1. The number of benzene rings is 3. The van der Waals surface area contributed by atoms with Crippen LogP contribution in [-0.4, -0.2) is 135 Å². The molecule has 71 heavy (non-hydrogen) atoms. The fourth-order valence-corrected chi connectivity index (χ4v) is 8.06. The van der Waals surface area contributed by atoms with Gasteiger partial charge in [-0.1, -0.05) is 91.0 Å². The van der Waals surface area contributed by atoms with E-state index in [1.54, 1.807) is 60.8 Å². The van der Waals surface area contributed by atoms with Crippen LogP contribution in [-0.2, 0) is 52.8 Å². The third-order valence-electron chi connectivity index (χ3n) is 12.2. The van der Waals surface area contributed by atoms with Crippen LogP contribution in [0.5, 0.6) is 0 Å². The second-order valence-corrected chi connectivity index (χ2v) is 17.8. The third-order valence-corrected chi connectivity index (χ3v) is 12.2. The molecule has 3 unspecified atom stereocenters. The number of carbonyl (C=O) groups is 7. The number of rotatable bonds is 17. The van der Waals surface area contributed by atoms with Gasteiger partial charge in [0.1, 0.15) is 36.3 Å². The number of hydrogen-bond donors (Lipinski definition) is 13. The number of nitrogens with two attached hydrogens (primary N) is 2. The molecule has 15 N–H and O–H groups in total. The van der Waals surface area contributed by atoms with Gasteiger partial charge in [0.15, 0.2) is 0 Å². The van der Waals surface area contributed by atoms with Crippen LogP contribution in [0.3, 0.4) is 0 Å². The largest absolute Gasteiger partial charge is 0.394 e. The molecule has 20 nitrogen and oxygen atoms in total. The van der Waals surface area contributed by atoms with Gasteiger partial charge in [-0.05, 0) is 81.7 Å².